The van der Waals surface area contributed by atoms with Gasteiger partial charge in [0.25, 0.3) is 0 Å². The molecule has 3 rings (SSSR count). The van der Waals surface area contributed by atoms with Crippen LogP contribution in [0.15, 0.2) is 17.1 Å². The van der Waals surface area contributed by atoms with E-state index in [1.165, 1.54) is 23.8 Å². The first-order chi connectivity index (χ1) is 10.8. The number of carbonyl (C=O) groups excluding carboxylic acids is 1. The van der Waals surface area contributed by atoms with Crippen LogP contribution in [0.25, 0.3) is 0 Å². The van der Waals surface area contributed by atoms with E-state index in [0.29, 0.717) is 0 Å². The Morgan fingerprint density at radius 2 is 2.13 bits per heavy atom. The standard InChI is InChI=1S/C14H19N3O6/c1-7(19)15-9-4-5-17(13(20)16-9)12-11-10(8(6-18)21-12)22-14(2,3)23-11/h4-5,8,10-12,18H,6H2,1-3H3,(H,15,16,19,20)/t8-,10-,11-,12-/m1/s1. The number of aromatic nitrogens is 2. The quantitative estimate of drug-likeness (QED) is 0.778. The Morgan fingerprint density at radius 1 is 1.43 bits per heavy atom. The van der Waals surface area contributed by atoms with Crippen LogP contribution in [0.2, 0.25) is 0 Å². The van der Waals surface area contributed by atoms with Crippen LogP contribution in [-0.4, -0.2) is 51.3 Å². The van der Waals surface area contributed by atoms with Crippen molar-refractivity contribution in [1.29, 1.82) is 0 Å². The fraction of sp³-hybridized carbons (Fsp3) is 0.643. The molecule has 2 N–H and O–H groups in total. The minimum Gasteiger partial charge on any atom is -0.394 e. The molecule has 0 bridgehead atoms. The molecule has 9 heteroatoms. The second-order valence-corrected chi connectivity index (χ2v) is 6.00. The molecule has 0 aromatic carbocycles. The molecule has 23 heavy (non-hydrogen) atoms. The number of nitrogens with zero attached hydrogens (tertiary/aromatic N) is 2. The Balaban J connectivity index is 1.89. The molecule has 9 nitrogen and oxygen atoms in total. The summed E-state index contributed by atoms with van der Waals surface area (Å²) in [6.07, 6.45) is -0.884. The molecule has 2 fully saturated rings. The van der Waals surface area contributed by atoms with E-state index >= 15 is 0 Å². The fourth-order valence-electron chi connectivity index (χ4n) is 2.89. The monoisotopic (exact) mass is 325 g/mol. The van der Waals surface area contributed by atoms with Crippen molar-refractivity contribution in [2.75, 3.05) is 11.9 Å². The van der Waals surface area contributed by atoms with Gasteiger partial charge >= 0.3 is 5.69 Å². The molecule has 126 valence electrons. The molecule has 1 amide bonds. The second kappa shape index (κ2) is 5.68. The lowest BCUT2D eigenvalue weighted by Gasteiger charge is -2.24. The van der Waals surface area contributed by atoms with Gasteiger partial charge in [-0.2, -0.15) is 4.98 Å². The molecule has 0 spiro atoms. The first kappa shape index (κ1) is 16.1. The molecule has 2 saturated heterocycles. The van der Waals surface area contributed by atoms with E-state index in [0.717, 1.165) is 0 Å². The highest BCUT2D eigenvalue weighted by Gasteiger charge is 2.55. The lowest BCUT2D eigenvalue weighted by Crippen LogP contribution is -2.35. The van der Waals surface area contributed by atoms with Crippen LogP contribution in [0.1, 0.15) is 27.0 Å². The zero-order valence-electron chi connectivity index (χ0n) is 13.1. The van der Waals surface area contributed by atoms with Gasteiger partial charge in [-0.05, 0) is 19.9 Å². The molecule has 3 heterocycles. The lowest BCUT2D eigenvalue weighted by atomic mass is 10.1. The molecule has 0 aliphatic carbocycles. The van der Waals surface area contributed by atoms with E-state index in [-0.39, 0.29) is 18.3 Å². The van der Waals surface area contributed by atoms with E-state index in [1.807, 2.05) is 0 Å². The molecular formula is C14H19N3O6. The van der Waals surface area contributed by atoms with E-state index in [9.17, 15) is 14.7 Å². The number of hydrogen-bond donors (Lipinski definition) is 2. The zero-order chi connectivity index (χ0) is 16.8. The van der Waals surface area contributed by atoms with Gasteiger partial charge in [0.1, 0.15) is 24.1 Å². The number of anilines is 1. The minimum absolute atomic E-state index is 0.163. The molecule has 4 atom stereocenters. The first-order valence-electron chi connectivity index (χ1n) is 7.29. The molecular weight excluding hydrogens is 306 g/mol. The maximum absolute atomic E-state index is 12.2. The molecule has 2 aliphatic rings. The average molecular weight is 325 g/mol. The van der Waals surface area contributed by atoms with Gasteiger partial charge in [-0.1, -0.05) is 0 Å². The summed E-state index contributed by atoms with van der Waals surface area (Å²) in [5.74, 6) is -0.977. The van der Waals surface area contributed by atoms with Gasteiger partial charge in [-0.3, -0.25) is 9.36 Å². The number of hydrogen-bond acceptors (Lipinski definition) is 7. The fourth-order valence-corrected chi connectivity index (χ4v) is 2.89. The molecule has 0 saturated carbocycles. The predicted molar refractivity (Wildman–Crippen MR) is 77.6 cm³/mol. The van der Waals surface area contributed by atoms with Crippen molar-refractivity contribution in [1.82, 2.24) is 9.55 Å². The number of rotatable bonds is 3. The Labute approximate surface area is 132 Å². The van der Waals surface area contributed by atoms with E-state index in [4.69, 9.17) is 14.2 Å². The number of ether oxygens (including phenoxy) is 3. The maximum Gasteiger partial charge on any atom is 0.351 e. The molecule has 1 aromatic heterocycles. The predicted octanol–water partition coefficient (Wildman–Crippen LogP) is -0.389. The highest BCUT2D eigenvalue weighted by Crippen LogP contribution is 2.42. The van der Waals surface area contributed by atoms with Crippen molar-refractivity contribution < 1.29 is 24.1 Å². The third-order valence-corrected chi connectivity index (χ3v) is 3.71. The highest BCUT2D eigenvalue weighted by atomic mass is 16.8. The minimum atomic E-state index is -0.821. The van der Waals surface area contributed by atoms with Gasteiger partial charge in [0, 0.05) is 13.1 Å². The largest absolute Gasteiger partial charge is 0.394 e. The summed E-state index contributed by atoms with van der Waals surface area (Å²) in [6.45, 7) is 4.61. The lowest BCUT2D eigenvalue weighted by molar-refractivity contribution is -0.200. The van der Waals surface area contributed by atoms with Gasteiger partial charge < -0.3 is 24.6 Å². The van der Waals surface area contributed by atoms with Crippen LogP contribution in [0.3, 0.4) is 0 Å². The summed E-state index contributed by atoms with van der Waals surface area (Å²) in [6, 6.07) is 1.49. The average Bonchev–Trinajstić information content (AvgIpc) is 2.91. The smallest absolute Gasteiger partial charge is 0.351 e. The van der Waals surface area contributed by atoms with E-state index < -0.39 is 36.0 Å². The molecule has 0 radical (unpaired) electrons. The Bertz CT molecular complexity index is 673. The van der Waals surface area contributed by atoms with Crippen LogP contribution in [0, 0.1) is 0 Å². The summed E-state index contributed by atoms with van der Waals surface area (Å²) in [5.41, 5.74) is -0.591. The third kappa shape index (κ3) is 3.00. The van der Waals surface area contributed by atoms with Gasteiger partial charge in [-0.15, -0.1) is 0 Å². The van der Waals surface area contributed by atoms with Crippen LogP contribution < -0.4 is 11.0 Å². The van der Waals surface area contributed by atoms with Crippen LogP contribution in [0.5, 0.6) is 0 Å². The number of amides is 1. The third-order valence-electron chi connectivity index (χ3n) is 3.71. The summed E-state index contributed by atoms with van der Waals surface area (Å²) in [4.78, 5) is 27.0. The Morgan fingerprint density at radius 3 is 2.74 bits per heavy atom. The second-order valence-electron chi connectivity index (χ2n) is 6.00. The van der Waals surface area contributed by atoms with E-state index in [1.54, 1.807) is 13.8 Å². The first-order valence-corrected chi connectivity index (χ1v) is 7.29. The Hall–Kier alpha value is -1.81. The van der Waals surface area contributed by atoms with Gasteiger partial charge in [0.2, 0.25) is 5.91 Å². The van der Waals surface area contributed by atoms with Crippen LogP contribution in [0.4, 0.5) is 5.82 Å². The zero-order valence-corrected chi connectivity index (χ0v) is 13.1. The normalized spacial score (nSPS) is 31.8. The maximum atomic E-state index is 12.2. The summed E-state index contributed by atoms with van der Waals surface area (Å²) in [7, 11) is 0. The van der Waals surface area contributed by atoms with Gasteiger partial charge in [0.15, 0.2) is 12.0 Å². The number of aliphatic hydroxyl groups excluding tert-OH is 1. The van der Waals surface area contributed by atoms with Crippen LogP contribution in [-0.2, 0) is 19.0 Å². The molecule has 2 aliphatic heterocycles. The number of aliphatic hydroxyl groups is 1. The van der Waals surface area contributed by atoms with E-state index in [2.05, 4.69) is 10.3 Å². The molecule has 0 unspecified atom stereocenters. The van der Waals surface area contributed by atoms with Gasteiger partial charge in [-0.25, -0.2) is 4.79 Å². The topological polar surface area (TPSA) is 112 Å². The summed E-state index contributed by atoms with van der Waals surface area (Å²) in [5, 5.41) is 11.9. The van der Waals surface area contributed by atoms with Crippen molar-refractivity contribution in [3.63, 3.8) is 0 Å². The van der Waals surface area contributed by atoms with Crippen LogP contribution >= 0.6 is 0 Å². The van der Waals surface area contributed by atoms with Crippen molar-refractivity contribution in [3.8, 4) is 0 Å². The van der Waals surface area contributed by atoms with Crippen molar-refractivity contribution in [3.05, 3.63) is 22.7 Å². The number of nitrogens with one attached hydrogen (secondary N) is 1. The van der Waals surface area contributed by atoms with Crippen molar-refractivity contribution in [2.45, 2.75) is 51.1 Å². The number of fused-ring (bicyclic) bond motifs is 1. The molecule has 1 aromatic rings. The summed E-state index contributed by atoms with van der Waals surface area (Å²) >= 11 is 0. The SMILES string of the molecule is CC(=O)Nc1ccn([C@@H]2O[C@H](CO)[C@H]3OC(C)(C)O[C@H]32)c(=O)n1. The summed E-state index contributed by atoms with van der Waals surface area (Å²) < 4.78 is 18.5. The Kier molecular flexibility index (Phi) is 3.96. The van der Waals surface area contributed by atoms with Gasteiger partial charge in [0.05, 0.1) is 6.61 Å². The number of carbonyl (C=O) groups is 1. The van der Waals surface area contributed by atoms with Crippen molar-refractivity contribution in [2.24, 2.45) is 0 Å². The van der Waals surface area contributed by atoms with Crippen molar-refractivity contribution >= 4 is 11.7 Å². The highest BCUT2D eigenvalue weighted by molar-refractivity contribution is 5.87.